The summed E-state index contributed by atoms with van der Waals surface area (Å²) >= 11 is 5.03. The highest BCUT2D eigenvalue weighted by Crippen LogP contribution is 2.38. The maximum atomic E-state index is 12.4. The third-order valence-corrected chi connectivity index (χ3v) is 2.92. The van der Waals surface area contributed by atoms with Crippen molar-refractivity contribution in [1.82, 2.24) is 14.8 Å². The zero-order valence-electron chi connectivity index (χ0n) is 9.29. The lowest BCUT2D eigenvalue weighted by Gasteiger charge is -2.23. The molecule has 1 fully saturated rings. The quantitative estimate of drug-likeness (QED) is 0.851. The number of aromatic amines is 1. The average molecular weight is 266 g/mol. The lowest BCUT2D eigenvalue weighted by atomic mass is 10.5. The van der Waals surface area contributed by atoms with Gasteiger partial charge in [0.05, 0.1) is 0 Å². The molecule has 0 aliphatic heterocycles. The molecular formula is C9H13F3N4S. The number of aromatic nitrogens is 3. The first-order chi connectivity index (χ1) is 7.92. The van der Waals surface area contributed by atoms with Crippen molar-refractivity contribution in [3.8, 4) is 0 Å². The second-order valence-corrected chi connectivity index (χ2v) is 4.45. The summed E-state index contributed by atoms with van der Waals surface area (Å²) in [6, 6.07) is 0.207. The van der Waals surface area contributed by atoms with Gasteiger partial charge in [-0.05, 0) is 32.0 Å². The van der Waals surface area contributed by atoms with E-state index in [4.69, 9.17) is 12.2 Å². The molecule has 1 aliphatic rings. The van der Waals surface area contributed by atoms with Gasteiger partial charge in [-0.15, -0.1) is 5.10 Å². The van der Waals surface area contributed by atoms with Crippen molar-refractivity contribution in [1.29, 1.82) is 0 Å². The highest BCUT2D eigenvalue weighted by molar-refractivity contribution is 7.71. The molecular weight excluding hydrogens is 253 g/mol. The van der Waals surface area contributed by atoms with Crippen LogP contribution in [0.25, 0.3) is 0 Å². The molecule has 0 atom stereocenters. The summed E-state index contributed by atoms with van der Waals surface area (Å²) in [6.07, 6.45) is -2.34. The first kappa shape index (κ1) is 12.4. The Morgan fingerprint density at radius 2 is 2.18 bits per heavy atom. The molecule has 1 aliphatic carbocycles. The van der Waals surface area contributed by atoms with Crippen molar-refractivity contribution in [3.05, 3.63) is 4.77 Å². The van der Waals surface area contributed by atoms with E-state index < -0.39 is 12.7 Å². The average Bonchev–Trinajstić information content (AvgIpc) is 2.98. The number of rotatable bonds is 4. The molecule has 4 nitrogen and oxygen atoms in total. The minimum Gasteiger partial charge on any atom is -0.332 e. The summed E-state index contributed by atoms with van der Waals surface area (Å²) in [6.45, 7) is 0.905. The number of hydrogen-bond acceptors (Lipinski definition) is 3. The largest absolute Gasteiger partial charge is 0.406 e. The van der Waals surface area contributed by atoms with Gasteiger partial charge in [-0.2, -0.15) is 13.2 Å². The van der Waals surface area contributed by atoms with E-state index in [0.717, 1.165) is 12.8 Å². The first-order valence-corrected chi connectivity index (χ1v) is 5.82. The Morgan fingerprint density at radius 3 is 2.65 bits per heavy atom. The van der Waals surface area contributed by atoms with Gasteiger partial charge in [-0.1, -0.05) is 0 Å². The van der Waals surface area contributed by atoms with Crippen LogP contribution in [0.1, 0.15) is 25.8 Å². The number of H-pyrrole nitrogens is 1. The van der Waals surface area contributed by atoms with E-state index in [-0.39, 0.29) is 18.5 Å². The number of alkyl halides is 3. The summed E-state index contributed by atoms with van der Waals surface area (Å²) in [4.78, 5) is 1.19. The number of hydrogen-bond donors (Lipinski definition) is 1. The summed E-state index contributed by atoms with van der Waals surface area (Å²) in [5.41, 5.74) is 0. The van der Waals surface area contributed by atoms with Crippen molar-refractivity contribution < 1.29 is 13.2 Å². The summed E-state index contributed by atoms with van der Waals surface area (Å²) < 4.78 is 39.3. The van der Waals surface area contributed by atoms with E-state index in [9.17, 15) is 13.2 Å². The Balaban J connectivity index is 2.27. The van der Waals surface area contributed by atoms with E-state index in [1.807, 2.05) is 0 Å². The molecule has 1 saturated carbocycles. The van der Waals surface area contributed by atoms with Crippen molar-refractivity contribution in [3.63, 3.8) is 0 Å². The van der Waals surface area contributed by atoms with Crippen LogP contribution in [0.5, 0.6) is 0 Å². The normalized spacial score (nSPS) is 16.2. The molecule has 1 heterocycles. The van der Waals surface area contributed by atoms with Gasteiger partial charge in [0.15, 0.2) is 4.77 Å². The molecule has 17 heavy (non-hydrogen) atoms. The predicted molar refractivity (Wildman–Crippen MR) is 59.6 cm³/mol. The molecule has 2 rings (SSSR count). The lowest BCUT2D eigenvalue weighted by Crippen LogP contribution is -2.35. The Hall–Kier alpha value is -1.05. The zero-order valence-corrected chi connectivity index (χ0v) is 10.1. The molecule has 0 radical (unpaired) electrons. The van der Waals surface area contributed by atoms with Crippen LogP contribution in [-0.4, -0.2) is 34.0 Å². The molecule has 0 unspecified atom stereocenters. The molecule has 0 aromatic carbocycles. The Morgan fingerprint density at radius 1 is 1.53 bits per heavy atom. The molecule has 1 aromatic rings. The van der Waals surface area contributed by atoms with E-state index >= 15 is 0 Å². The third-order valence-electron chi connectivity index (χ3n) is 2.63. The smallest absolute Gasteiger partial charge is 0.332 e. The van der Waals surface area contributed by atoms with Crippen LogP contribution >= 0.6 is 12.2 Å². The molecule has 0 saturated heterocycles. The monoisotopic (exact) mass is 266 g/mol. The number of nitrogens with one attached hydrogen (secondary N) is 1. The molecule has 1 N–H and O–H groups in total. The summed E-state index contributed by atoms with van der Waals surface area (Å²) in [5, 5.41) is 6.47. The van der Waals surface area contributed by atoms with Crippen LogP contribution in [0.15, 0.2) is 0 Å². The second kappa shape index (κ2) is 4.32. The fourth-order valence-electron chi connectivity index (χ4n) is 1.72. The highest BCUT2D eigenvalue weighted by Gasteiger charge is 2.34. The Kier molecular flexibility index (Phi) is 3.15. The van der Waals surface area contributed by atoms with Gasteiger partial charge in [0.25, 0.3) is 0 Å². The molecule has 0 amide bonds. The highest BCUT2D eigenvalue weighted by atomic mass is 32.1. The lowest BCUT2D eigenvalue weighted by molar-refractivity contribution is -0.119. The number of anilines is 1. The van der Waals surface area contributed by atoms with Crippen LogP contribution in [-0.2, 0) is 0 Å². The van der Waals surface area contributed by atoms with Crippen molar-refractivity contribution in [2.24, 2.45) is 0 Å². The standard InChI is InChI=1S/C9H13F3N4S/c1-2-15(5-9(10,11)12)7-13-14-8(17)16(7)6-3-4-6/h6H,2-5H2,1H3,(H,14,17). The summed E-state index contributed by atoms with van der Waals surface area (Å²) in [7, 11) is 0. The van der Waals surface area contributed by atoms with Gasteiger partial charge in [-0.25, -0.2) is 5.10 Å². The van der Waals surface area contributed by atoms with Gasteiger partial charge in [-0.3, -0.25) is 4.57 Å². The fourth-order valence-corrected chi connectivity index (χ4v) is 2.00. The van der Waals surface area contributed by atoms with Crippen molar-refractivity contribution in [2.45, 2.75) is 32.0 Å². The van der Waals surface area contributed by atoms with E-state index in [1.165, 1.54) is 4.90 Å². The van der Waals surface area contributed by atoms with Gasteiger partial charge in [0.2, 0.25) is 5.95 Å². The van der Waals surface area contributed by atoms with Crippen LogP contribution in [0.3, 0.4) is 0 Å². The van der Waals surface area contributed by atoms with Gasteiger partial charge in [0.1, 0.15) is 6.54 Å². The Labute approximate surface area is 101 Å². The van der Waals surface area contributed by atoms with E-state index in [1.54, 1.807) is 11.5 Å². The fraction of sp³-hybridized carbons (Fsp3) is 0.778. The first-order valence-electron chi connectivity index (χ1n) is 5.41. The van der Waals surface area contributed by atoms with Gasteiger partial charge in [0, 0.05) is 12.6 Å². The Bertz CT molecular complexity index is 446. The SMILES string of the molecule is CCN(CC(F)(F)F)c1n[nH]c(=S)n1C1CC1. The maximum Gasteiger partial charge on any atom is 0.406 e. The van der Waals surface area contributed by atoms with E-state index in [0.29, 0.717) is 4.77 Å². The van der Waals surface area contributed by atoms with Crippen molar-refractivity contribution >= 4 is 18.2 Å². The van der Waals surface area contributed by atoms with Crippen LogP contribution in [0.4, 0.5) is 19.1 Å². The minimum absolute atomic E-state index is 0.207. The molecule has 0 bridgehead atoms. The van der Waals surface area contributed by atoms with Gasteiger partial charge >= 0.3 is 6.18 Å². The summed E-state index contributed by atoms with van der Waals surface area (Å²) in [5.74, 6) is 0.289. The minimum atomic E-state index is -4.24. The van der Waals surface area contributed by atoms with Gasteiger partial charge < -0.3 is 4.90 Å². The second-order valence-electron chi connectivity index (χ2n) is 4.06. The number of nitrogens with zero attached hydrogens (tertiary/aromatic N) is 3. The van der Waals surface area contributed by atoms with Crippen LogP contribution in [0, 0.1) is 4.77 Å². The number of halogens is 3. The molecule has 8 heteroatoms. The van der Waals surface area contributed by atoms with Crippen LogP contribution in [0.2, 0.25) is 0 Å². The maximum absolute atomic E-state index is 12.4. The van der Waals surface area contributed by atoms with E-state index in [2.05, 4.69) is 10.2 Å². The molecule has 0 spiro atoms. The van der Waals surface area contributed by atoms with Crippen molar-refractivity contribution in [2.75, 3.05) is 18.0 Å². The predicted octanol–water partition coefficient (Wildman–Crippen LogP) is 2.66. The molecule has 1 aromatic heterocycles. The third kappa shape index (κ3) is 2.80. The topological polar surface area (TPSA) is 36.9 Å². The van der Waals surface area contributed by atoms with Crippen LogP contribution < -0.4 is 4.90 Å². The molecule has 96 valence electrons. The zero-order chi connectivity index (χ0) is 12.6.